The molecule has 0 aliphatic heterocycles. The van der Waals surface area contributed by atoms with Gasteiger partial charge in [0.1, 0.15) is 17.6 Å². The van der Waals surface area contributed by atoms with Crippen molar-refractivity contribution in [3.63, 3.8) is 0 Å². The molecule has 1 aromatic heterocycles. The first-order valence-electron chi connectivity index (χ1n) is 5.66. The van der Waals surface area contributed by atoms with E-state index in [1.165, 1.54) is 24.3 Å². The second kappa shape index (κ2) is 6.28. The van der Waals surface area contributed by atoms with E-state index in [-0.39, 0.29) is 17.6 Å². The van der Waals surface area contributed by atoms with Crippen LogP contribution < -0.4 is 0 Å². The van der Waals surface area contributed by atoms with Crippen LogP contribution in [0.4, 0.5) is 4.39 Å². The summed E-state index contributed by atoms with van der Waals surface area (Å²) in [5, 5.41) is 0.665. The van der Waals surface area contributed by atoms with Gasteiger partial charge >= 0.3 is 0 Å². The topological polar surface area (TPSA) is 35.0 Å². The maximum atomic E-state index is 13.3. The van der Waals surface area contributed by atoms with Crippen molar-refractivity contribution in [1.29, 1.82) is 0 Å². The molecule has 2 aromatic rings. The fourth-order valence-electron chi connectivity index (χ4n) is 1.55. The van der Waals surface area contributed by atoms with Crippen LogP contribution in [0.3, 0.4) is 0 Å². The Kier molecular flexibility index (Phi) is 4.69. The van der Waals surface area contributed by atoms with Crippen LogP contribution >= 0.6 is 23.2 Å². The van der Waals surface area contributed by atoms with Gasteiger partial charge in [0.05, 0.1) is 10.7 Å². The summed E-state index contributed by atoms with van der Waals surface area (Å²) in [5.41, 5.74) is 0.947. The Labute approximate surface area is 120 Å². The SMILES string of the molecule is CCOCc1nc(Cl)cc(-c2cc(F)ccc2Cl)n1. The Balaban J connectivity index is 2.43. The smallest absolute Gasteiger partial charge is 0.156 e. The van der Waals surface area contributed by atoms with Crippen molar-refractivity contribution in [3.8, 4) is 11.3 Å². The Hall–Kier alpha value is -1.23. The average Bonchev–Trinajstić information content (AvgIpc) is 2.38. The third-order valence-electron chi connectivity index (χ3n) is 2.38. The van der Waals surface area contributed by atoms with Crippen molar-refractivity contribution < 1.29 is 9.13 Å². The van der Waals surface area contributed by atoms with Gasteiger partial charge in [-0.1, -0.05) is 23.2 Å². The van der Waals surface area contributed by atoms with Gasteiger partial charge < -0.3 is 4.74 Å². The molecule has 0 saturated carbocycles. The van der Waals surface area contributed by atoms with E-state index in [0.29, 0.717) is 28.7 Å². The van der Waals surface area contributed by atoms with E-state index in [2.05, 4.69) is 9.97 Å². The molecule has 19 heavy (non-hydrogen) atoms. The lowest BCUT2D eigenvalue weighted by Crippen LogP contribution is -2.01. The van der Waals surface area contributed by atoms with Gasteiger partial charge in [-0.25, -0.2) is 14.4 Å². The van der Waals surface area contributed by atoms with E-state index < -0.39 is 0 Å². The highest BCUT2D eigenvalue weighted by Crippen LogP contribution is 2.28. The number of ether oxygens (including phenoxy) is 1. The summed E-state index contributed by atoms with van der Waals surface area (Å²) in [6.45, 7) is 2.66. The van der Waals surface area contributed by atoms with Gasteiger partial charge in [0.15, 0.2) is 5.82 Å². The first kappa shape index (κ1) is 14.2. The molecule has 0 aliphatic carbocycles. The van der Waals surface area contributed by atoms with Crippen LogP contribution in [-0.2, 0) is 11.3 Å². The second-order valence-corrected chi connectivity index (χ2v) is 4.55. The summed E-state index contributed by atoms with van der Waals surface area (Å²) >= 11 is 12.0. The van der Waals surface area contributed by atoms with Crippen molar-refractivity contribution in [2.45, 2.75) is 13.5 Å². The van der Waals surface area contributed by atoms with Gasteiger partial charge in [0, 0.05) is 18.2 Å². The Morgan fingerprint density at radius 2 is 2.00 bits per heavy atom. The number of benzene rings is 1. The highest BCUT2D eigenvalue weighted by atomic mass is 35.5. The van der Waals surface area contributed by atoms with Crippen molar-refractivity contribution in [2.24, 2.45) is 0 Å². The molecule has 0 saturated heterocycles. The molecule has 0 fully saturated rings. The predicted molar refractivity (Wildman–Crippen MR) is 72.8 cm³/mol. The number of nitrogens with zero attached hydrogens (tertiary/aromatic N) is 2. The monoisotopic (exact) mass is 300 g/mol. The number of hydrogen-bond donors (Lipinski definition) is 0. The van der Waals surface area contributed by atoms with Crippen LogP contribution in [0.25, 0.3) is 11.3 Å². The molecule has 0 N–H and O–H groups in total. The first-order valence-corrected chi connectivity index (χ1v) is 6.42. The van der Waals surface area contributed by atoms with E-state index in [1.54, 1.807) is 0 Å². The molecule has 6 heteroatoms. The van der Waals surface area contributed by atoms with Crippen molar-refractivity contribution in [1.82, 2.24) is 9.97 Å². The largest absolute Gasteiger partial charge is 0.374 e. The molecule has 3 nitrogen and oxygen atoms in total. The molecule has 0 radical (unpaired) electrons. The quantitative estimate of drug-likeness (QED) is 0.797. The molecular formula is C13H11Cl2FN2O. The standard InChI is InChI=1S/C13H11Cl2FN2O/c1-2-19-7-13-17-11(6-12(15)18-13)9-5-8(16)3-4-10(9)14/h3-6H,2,7H2,1H3. The molecule has 0 amide bonds. The minimum absolute atomic E-state index is 0.247. The van der Waals surface area contributed by atoms with Crippen LogP contribution in [0.2, 0.25) is 10.2 Å². The average molecular weight is 301 g/mol. The van der Waals surface area contributed by atoms with E-state index in [4.69, 9.17) is 27.9 Å². The van der Waals surface area contributed by atoms with Gasteiger partial charge in [-0.3, -0.25) is 0 Å². The number of hydrogen-bond acceptors (Lipinski definition) is 3. The van der Waals surface area contributed by atoms with E-state index in [1.807, 2.05) is 6.92 Å². The fraction of sp³-hybridized carbons (Fsp3) is 0.231. The molecule has 0 aliphatic rings. The maximum absolute atomic E-state index is 13.3. The zero-order valence-electron chi connectivity index (χ0n) is 10.2. The molecule has 0 atom stereocenters. The predicted octanol–water partition coefficient (Wildman–Crippen LogP) is 4.13. The van der Waals surface area contributed by atoms with Gasteiger partial charge in [0.2, 0.25) is 0 Å². The highest BCUT2D eigenvalue weighted by Gasteiger charge is 2.10. The van der Waals surface area contributed by atoms with Gasteiger partial charge in [-0.2, -0.15) is 0 Å². The van der Waals surface area contributed by atoms with Crippen LogP contribution in [0.15, 0.2) is 24.3 Å². The lowest BCUT2D eigenvalue weighted by atomic mass is 10.1. The van der Waals surface area contributed by atoms with Gasteiger partial charge in [-0.15, -0.1) is 0 Å². The molecule has 1 aromatic carbocycles. The Bertz CT molecular complexity index is 593. The minimum atomic E-state index is -0.388. The zero-order chi connectivity index (χ0) is 13.8. The Morgan fingerprint density at radius 3 is 2.74 bits per heavy atom. The summed E-state index contributed by atoms with van der Waals surface area (Å²) < 4.78 is 18.5. The summed E-state index contributed by atoms with van der Waals surface area (Å²) in [7, 11) is 0. The van der Waals surface area contributed by atoms with Gasteiger partial charge in [0.25, 0.3) is 0 Å². The number of halogens is 3. The third-order valence-corrected chi connectivity index (χ3v) is 2.90. The van der Waals surface area contributed by atoms with Crippen molar-refractivity contribution >= 4 is 23.2 Å². The third kappa shape index (κ3) is 3.62. The second-order valence-electron chi connectivity index (χ2n) is 3.75. The molecule has 2 rings (SSSR count). The van der Waals surface area contributed by atoms with E-state index in [0.717, 1.165) is 0 Å². The Morgan fingerprint density at radius 1 is 1.21 bits per heavy atom. The number of aromatic nitrogens is 2. The summed E-state index contributed by atoms with van der Waals surface area (Å²) in [5.74, 6) is 0.0465. The molecule has 0 unspecified atom stereocenters. The lowest BCUT2D eigenvalue weighted by molar-refractivity contribution is 0.128. The molecular weight excluding hydrogens is 290 g/mol. The molecule has 100 valence electrons. The van der Waals surface area contributed by atoms with Crippen LogP contribution in [0, 0.1) is 5.82 Å². The zero-order valence-corrected chi connectivity index (χ0v) is 11.7. The van der Waals surface area contributed by atoms with Crippen LogP contribution in [-0.4, -0.2) is 16.6 Å². The minimum Gasteiger partial charge on any atom is -0.374 e. The molecule has 1 heterocycles. The van der Waals surface area contributed by atoms with Crippen LogP contribution in [0.5, 0.6) is 0 Å². The fourth-order valence-corrected chi connectivity index (χ4v) is 1.97. The first-order chi connectivity index (χ1) is 9.10. The van der Waals surface area contributed by atoms with Crippen molar-refractivity contribution in [3.05, 3.63) is 46.1 Å². The molecule has 0 spiro atoms. The van der Waals surface area contributed by atoms with Gasteiger partial charge in [-0.05, 0) is 25.1 Å². The van der Waals surface area contributed by atoms with Crippen molar-refractivity contribution in [2.75, 3.05) is 6.61 Å². The summed E-state index contributed by atoms with van der Waals surface area (Å²) in [4.78, 5) is 8.31. The van der Waals surface area contributed by atoms with E-state index >= 15 is 0 Å². The number of rotatable bonds is 4. The lowest BCUT2D eigenvalue weighted by Gasteiger charge is -2.07. The highest BCUT2D eigenvalue weighted by molar-refractivity contribution is 6.33. The maximum Gasteiger partial charge on any atom is 0.156 e. The summed E-state index contributed by atoms with van der Waals surface area (Å²) in [6, 6.07) is 5.61. The molecule has 0 bridgehead atoms. The normalized spacial score (nSPS) is 10.7. The van der Waals surface area contributed by atoms with E-state index in [9.17, 15) is 4.39 Å². The summed E-state index contributed by atoms with van der Waals surface area (Å²) in [6.07, 6.45) is 0. The van der Waals surface area contributed by atoms with Crippen LogP contribution in [0.1, 0.15) is 12.7 Å².